The first-order chi connectivity index (χ1) is 5.17. The number of ether oxygens (including phenoxy) is 1. The highest BCUT2D eigenvalue weighted by molar-refractivity contribution is 4.88. The van der Waals surface area contributed by atoms with Gasteiger partial charge in [0.25, 0.3) is 0 Å². The first-order valence-electron chi connectivity index (χ1n) is 4.18. The summed E-state index contributed by atoms with van der Waals surface area (Å²) in [5.41, 5.74) is -0.0754. The van der Waals surface area contributed by atoms with Crippen molar-refractivity contribution in [1.29, 1.82) is 5.26 Å². The lowest BCUT2D eigenvalue weighted by Crippen LogP contribution is -2.38. The van der Waals surface area contributed by atoms with Crippen molar-refractivity contribution in [3.05, 3.63) is 0 Å². The summed E-state index contributed by atoms with van der Waals surface area (Å²) in [6.07, 6.45) is 2.88. The molecule has 62 valence electrons. The molecule has 1 saturated heterocycles. The molecule has 0 spiro atoms. The van der Waals surface area contributed by atoms with Crippen molar-refractivity contribution in [2.75, 3.05) is 6.61 Å². The van der Waals surface area contributed by atoms with Crippen LogP contribution >= 0.6 is 0 Å². The average molecular weight is 153 g/mol. The Balaban J connectivity index is 2.54. The van der Waals surface area contributed by atoms with Crippen LogP contribution in [0.4, 0.5) is 0 Å². The summed E-state index contributed by atoms with van der Waals surface area (Å²) in [6, 6.07) is 2.21. The fraction of sp³-hybridized carbons (Fsp3) is 0.889. The monoisotopic (exact) mass is 153 g/mol. The molecule has 11 heavy (non-hydrogen) atoms. The van der Waals surface area contributed by atoms with Gasteiger partial charge in [-0.05, 0) is 26.7 Å². The third kappa shape index (κ3) is 1.94. The molecule has 0 saturated carbocycles. The van der Waals surface area contributed by atoms with Gasteiger partial charge < -0.3 is 4.74 Å². The quantitative estimate of drug-likeness (QED) is 0.578. The summed E-state index contributed by atoms with van der Waals surface area (Å²) in [4.78, 5) is 0. The summed E-state index contributed by atoms with van der Waals surface area (Å²) in [5.74, 6) is 0.432. The summed E-state index contributed by atoms with van der Waals surface area (Å²) < 4.78 is 5.58. The van der Waals surface area contributed by atoms with Crippen LogP contribution in [0.3, 0.4) is 0 Å². The van der Waals surface area contributed by atoms with Crippen LogP contribution in [0.15, 0.2) is 0 Å². The molecule has 1 fully saturated rings. The van der Waals surface area contributed by atoms with Crippen LogP contribution in [-0.2, 0) is 4.74 Å². The maximum Gasteiger partial charge on any atom is 0.0664 e. The van der Waals surface area contributed by atoms with Crippen molar-refractivity contribution in [2.45, 2.75) is 38.7 Å². The third-order valence-electron chi connectivity index (χ3n) is 2.49. The molecule has 1 heterocycles. The number of nitrogens with zero attached hydrogens (tertiary/aromatic N) is 1. The van der Waals surface area contributed by atoms with Gasteiger partial charge in [-0.1, -0.05) is 0 Å². The van der Waals surface area contributed by atoms with Gasteiger partial charge in [0.2, 0.25) is 0 Å². The second-order valence-electron chi connectivity index (χ2n) is 3.65. The first-order valence-corrected chi connectivity index (χ1v) is 4.18. The van der Waals surface area contributed by atoms with E-state index in [0.717, 1.165) is 19.4 Å². The fourth-order valence-electron chi connectivity index (χ4n) is 1.59. The highest BCUT2D eigenvalue weighted by atomic mass is 16.5. The van der Waals surface area contributed by atoms with Gasteiger partial charge in [-0.25, -0.2) is 0 Å². The molecule has 0 aliphatic carbocycles. The van der Waals surface area contributed by atoms with Gasteiger partial charge in [-0.3, -0.25) is 0 Å². The van der Waals surface area contributed by atoms with Crippen molar-refractivity contribution < 1.29 is 4.74 Å². The van der Waals surface area contributed by atoms with Crippen LogP contribution in [-0.4, -0.2) is 12.2 Å². The van der Waals surface area contributed by atoms with Crippen LogP contribution in [0.2, 0.25) is 0 Å². The van der Waals surface area contributed by atoms with E-state index >= 15 is 0 Å². The summed E-state index contributed by atoms with van der Waals surface area (Å²) in [7, 11) is 0. The van der Waals surface area contributed by atoms with Crippen molar-refractivity contribution >= 4 is 0 Å². The van der Waals surface area contributed by atoms with Crippen LogP contribution in [0.25, 0.3) is 0 Å². The lowest BCUT2D eigenvalue weighted by molar-refractivity contribution is -0.0919. The zero-order valence-electron chi connectivity index (χ0n) is 7.26. The predicted molar refractivity (Wildman–Crippen MR) is 43.0 cm³/mol. The predicted octanol–water partition coefficient (Wildman–Crippen LogP) is 2.11. The minimum absolute atomic E-state index is 0.0754. The molecular formula is C9H15NO. The van der Waals surface area contributed by atoms with Gasteiger partial charge in [0, 0.05) is 18.9 Å². The zero-order chi connectivity index (χ0) is 8.32. The van der Waals surface area contributed by atoms with E-state index in [2.05, 4.69) is 19.9 Å². The Labute approximate surface area is 68.2 Å². The largest absolute Gasteiger partial charge is 0.375 e. The Morgan fingerprint density at radius 1 is 1.64 bits per heavy atom. The molecule has 1 aliphatic heterocycles. The van der Waals surface area contributed by atoms with E-state index in [0.29, 0.717) is 12.3 Å². The maximum atomic E-state index is 8.55. The van der Waals surface area contributed by atoms with Gasteiger partial charge in [0.1, 0.15) is 0 Å². The second-order valence-corrected chi connectivity index (χ2v) is 3.65. The molecule has 1 atom stereocenters. The lowest BCUT2D eigenvalue weighted by Gasteiger charge is -2.37. The van der Waals surface area contributed by atoms with E-state index in [1.165, 1.54) is 0 Å². The topological polar surface area (TPSA) is 33.0 Å². The smallest absolute Gasteiger partial charge is 0.0664 e. The molecule has 1 aliphatic rings. The molecule has 0 aromatic rings. The molecular weight excluding hydrogens is 138 g/mol. The van der Waals surface area contributed by atoms with Crippen LogP contribution in [0, 0.1) is 17.2 Å². The molecule has 0 aromatic heterocycles. The van der Waals surface area contributed by atoms with Gasteiger partial charge in [0.05, 0.1) is 11.7 Å². The Morgan fingerprint density at radius 3 is 2.91 bits per heavy atom. The minimum atomic E-state index is -0.0754. The Kier molecular flexibility index (Phi) is 2.51. The number of nitriles is 1. The van der Waals surface area contributed by atoms with Crippen molar-refractivity contribution in [3.63, 3.8) is 0 Å². The van der Waals surface area contributed by atoms with E-state index < -0.39 is 0 Å². The van der Waals surface area contributed by atoms with Crippen molar-refractivity contribution in [2.24, 2.45) is 5.92 Å². The van der Waals surface area contributed by atoms with E-state index in [9.17, 15) is 0 Å². The molecule has 0 amide bonds. The first kappa shape index (κ1) is 8.55. The summed E-state index contributed by atoms with van der Waals surface area (Å²) in [5, 5.41) is 8.55. The average Bonchev–Trinajstić information content (AvgIpc) is 1.94. The van der Waals surface area contributed by atoms with E-state index in [1.54, 1.807) is 0 Å². The standard InChI is InChI=1S/C9H15NO/c1-9(2)8(5-6-10)4-3-7-11-9/h8H,3-5,7H2,1-2H3. The summed E-state index contributed by atoms with van der Waals surface area (Å²) >= 11 is 0. The zero-order valence-corrected chi connectivity index (χ0v) is 7.26. The molecule has 2 nitrogen and oxygen atoms in total. The van der Waals surface area contributed by atoms with Gasteiger partial charge in [-0.2, -0.15) is 5.26 Å². The van der Waals surface area contributed by atoms with Crippen LogP contribution < -0.4 is 0 Å². The van der Waals surface area contributed by atoms with Crippen molar-refractivity contribution in [3.8, 4) is 6.07 Å². The molecule has 1 rings (SSSR count). The Morgan fingerprint density at radius 2 is 2.36 bits per heavy atom. The minimum Gasteiger partial charge on any atom is -0.375 e. The molecule has 0 radical (unpaired) electrons. The number of hydrogen-bond acceptors (Lipinski definition) is 2. The second kappa shape index (κ2) is 3.23. The third-order valence-corrected chi connectivity index (χ3v) is 2.49. The highest BCUT2D eigenvalue weighted by Gasteiger charge is 2.32. The molecule has 0 N–H and O–H groups in total. The molecule has 0 bridgehead atoms. The Hall–Kier alpha value is -0.550. The van der Waals surface area contributed by atoms with Crippen molar-refractivity contribution in [1.82, 2.24) is 0 Å². The van der Waals surface area contributed by atoms with E-state index in [-0.39, 0.29) is 5.60 Å². The fourth-order valence-corrected chi connectivity index (χ4v) is 1.59. The molecule has 2 heteroatoms. The summed E-state index contributed by atoms with van der Waals surface area (Å²) in [6.45, 7) is 5.01. The van der Waals surface area contributed by atoms with E-state index in [1.807, 2.05) is 0 Å². The maximum absolute atomic E-state index is 8.55. The Bertz CT molecular complexity index is 169. The van der Waals surface area contributed by atoms with Gasteiger partial charge >= 0.3 is 0 Å². The van der Waals surface area contributed by atoms with E-state index in [4.69, 9.17) is 10.00 Å². The molecule has 0 aromatic carbocycles. The number of hydrogen-bond donors (Lipinski definition) is 0. The number of rotatable bonds is 1. The SMILES string of the molecule is CC1(C)OCCCC1CC#N. The van der Waals surface area contributed by atoms with Crippen LogP contribution in [0.5, 0.6) is 0 Å². The van der Waals surface area contributed by atoms with Crippen LogP contribution in [0.1, 0.15) is 33.1 Å². The highest BCUT2D eigenvalue weighted by Crippen LogP contribution is 2.32. The van der Waals surface area contributed by atoms with Gasteiger partial charge in [-0.15, -0.1) is 0 Å². The molecule has 1 unspecified atom stereocenters. The lowest BCUT2D eigenvalue weighted by atomic mass is 9.83. The normalized spacial score (nSPS) is 29.4. The van der Waals surface area contributed by atoms with Gasteiger partial charge in [0.15, 0.2) is 0 Å².